The minimum Gasteiger partial charge on any atom is -0.494 e. The molecule has 8 nitrogen and oxygen atoms in total. The molecule has 3 atom stereocenters. The highest BCUT2D eigenvalue weighted by atomic mass is 16.5. The van der Waals surface area contributed by atoms with Gasteiger partial charge < -0.3 is 31.9 Å². The summed E-state index contributed by atoms with van der Waals surface area (Å²) in [6.07, 6.45) is -0.992. The van der Waals surface area contributed by atoms with Gasteiger partial charge in [0.2, 0.25) is 11.8 Å². The van der Waals surface area contributed by atoms with E-state index in [4.69, 9.17) is 16.2 Å². The molecule has 0 radical (unpaired) electrons. The van der Waals surface area contributed by atoms with Crippen molar-refractivity contribution in [3.05, 3.63) is 101 Å². The third-order valence-corrected chi connectivity index (χ3v) is 5.79. The van der Waals surface area contributed by atoms with Gasteiger partial charge in [0.1, 0.15) is 17.9 Å². The maximum atomic E-state index is 13.1. The fraction of sp³-hybridized carbons (Fsp3) is 0.286. The molecule has 0 saturated heterocycles. The molecule has 8 heteroatoms. The van der Waals surface area contributed by atoms with E-state index < -0.39 is 30.0 Å². The number of aliphatic hydroxyl groups is 1. The Morgan fingerprint density at radius 2 is 1.50 bits per heavy atom. The number of amides is 2. The lowest BCUT2D eigenvalue weighted by Crippen LogP contribution is -2.54. The molecule has 0 unspecified atom stereocenters. The van der Waals surface area contributed by atoms with E-state index in [1.165, 1.54) is 0 Å². The van der Waals surface area contributed by atoms with E-state index in [-0.39, 0.29) is 13.0 Å². The molecule has 2 amide bonds. The number of nitrogens with one attached hydrogen (secondary N) is 2. The first-order valence-electron chi connectivity index (χ1n) is 12.0. The van der Waals surface area contributed by atoms with Gasteiger partial charge in [-0.3, -0.25) is 9.59 Å². The van der Waals surface area contributed by atoms with Gasteiger partial charge in [-0.15, -0.1) is 0 Å². The number of aliphatic hydroxyl groups excluding tert-OH is 1. The molecule has 0 aliphatic carbocycles. The lowest BCUT2D eigenvalue weighted by molar-refractivity contribution is -0.132. The lowest BCUT2D eigenvalue weighted by Gasteiger charge is -2.25. The predicted octanol–water partition coefficient (Wildman–Crippen LogP) is 1.95. The monoisotopic (exact) mass is 490 g/mol. The second-order valence-electron chi connectivity index (χ2n) is 8.47. The van der Waals surface area contributed by atoms with E-state index >= 15 is 0 Å². The molecule has 7 N–H and O–H groups in total. The third kappa shape index (κ3) is 7.64. The maximum Gasteiger partial charge on any atom is 0.245 e. The van der Waals surface area contributed by atoms with Crippen LogP contribution in [0.4, 0.5) is 0 Å². The van der Waals surface area contributed by atoms with Gasteiger partial charge in [0.25, 0.3) is 0 Å². The molecule has 36 heavy (non-hydrogen) atoms. The van der Waals surface area contributed by atoms with Crippen LogP contribution in [0.1, 0.15) is 35.3 Å². The van der Waals surface area contributed by atoms with Crippen LogP contribution in [0.3, 0.4) is 0 Å². The van der Waals surface area contributed by atoms with Gasteiger partial charge in [0, 0.05) is 13.1 Å². The number of benzene rings is 3. The van der Waals surface area contributed by atoms with Crippen molar-refractivity contribution in [3.63, 3.8) is 0 Å². The summed E-state index contributed by atoms with van der Waals surface area (Å²) in [6.45, 7) is 3.13. The van der Waals surface area contributed by atoms with Crippen molar-refractivity contribution >= 4 is 11.8 Å². The molecule has 0 aliphatic heterocycles. The summed E-state index contributed by atoms with van der Waals surface area (Å²) in [7, 11) is 0. The zero-order valence-electron chi connectivity index (χ0n) is 20.4. The van der Waals surface area contributed by atoms with E-state index in [1.807, 2.05) is 61.5 Å². The zero-order chi connectivity index (χ0) is 25.9. The van der Waals surface area contributed by atoms with Crippen molar-refractivity contribution in [1.29, 1.82) is 0 Å². The number of rotatable bonds is 12. The van der Waals surface area contributed by atoms with Gasteiger partial charge in [-0.25, -0.2) is 0 Å². The normalized spacial score (nSPS) is 13.3. The maximum absolute atomic E-state index is 13.1. The smallest absolute Gasteiger partial charge is 0.245 e. The molecule has 0 fully saturated rings. The van der Waals surface area contributed by atoms with Crippen molar-refractivity contribution in [2.45, 2.75) is 44.6 Å². The van der Waals surface area contributed by atoms with Crippen molar-refractivity contribution in [2.75, 3.05) is 6.61 Å². The van der Waals surface area contributed by atoms with Crippen LogP contribution < -0.4 is 26.8 Å². The van der Waals surface area contributed by atoms with Gasteiger partial charge in [-0.2, -0.15) is 0 Å². The number of hydrogen-bond donors (Lipinski definition) is 5. The fourth-order valence-electron chi connectivity index (χ4n) is 3.72. The van der Waals surface area contributed by atoms with Crippen LogP contribution in [-0.2, 0) is 29.1 Å². The molecule has 0 heterocycles. The Hall–Kier alpha value is -3.72. The van der Waals surface area contributed by atoms with Gasteiger partial charge in [-0.05, 0) is 47.7 Å². The van der Waals surface area contributed by atoms with E-state index in [9.17, 15) is 14.7 Å². The van der Waals surface area contributed by atoms with E-state index in [2.05, 4.69) is 10.6 Å². The largest absolute Gasteiger partial charge is 0.494 e. The van der Waals surface area contributed by atoms with Crippen molar-refractivity contribution in [3.8, 4) is 5.75 Å². The second kappa shape index (κ2) is 13.4. The summed E-state index contributed by atoms with van der Waals surface area (Å²) < 4.78 is 5.44. The lowest BCUT2D eigenvalue weighted by atomic mass is 10.00. The molecule has 0 aromatic heterocycles. The average Bonchev–Trinajstić information content (AvgIpc) is 2.91. The van der Waals surface area contributed by atoms with Crippen LogP contribution in [0, 0.1) is 0 Å². The number of nitrogens with two attached hydrogens (primary N) is 2. The Balaban J connectivity index is 1.68. The Bertz CT molecular complexity index is 1100. The summed E-state index contributed by atoms with van der Waals surface area (Å²) in [5.41, 5.74) is 15.0. The highest BCUT2D eigenvalue weighted by molar-refractivity contribution is 5.90. The first kappa shape index (κ1) is 26.9. The van der Waals surface area contributed by atoms with Crippen LogP contribution in [0.5, 0.6) is 5.75 Å². The minimum absolute atomic E-state index is 0.232. The average molecular weight is 491 g/mol. The molecule has 0 saturated carbocycles. The van der Waals surface area contributed by atoms with Gasteiger partial charge >= 0.3 is 0 Å². The Morgan fingerprint density at radius 3 is 2.11 bits per heavy atom. The summed E-state index contributed by atoms with van der Waals surface area (Å²) >= 11 is 0. The summed E-state index contributed by atoms with van der Waals surface area (Å²) in [4.78, 5) is 26.1. The molecule has 0 aliphatic rings. The first-order valence-corrected chi connectivity index (χ1v) is 12.0. The third-order valence-electron chi connectivity index (χ3n) is 5.79. The zero-order valence-corrected chi connectivity index (χ0v) is 20.4. The predicted molar refractivity (Wildman–Crippen MR) is 139 cm³/mol. The van der Waals surface area contributed by atoms with Crippen LogP contribution >= 0.6 is 0 Å². The topological polar surface area (TPSA) is 140 Å². The molecule has 3 aromatic carbocycles. The first-order chi connectivity index (χ1) is 17.4. The second-order valence-corrected chi connectivity index (χ2v) is 8.47. The SMILES string of the molecule is CCOc1ccc(C[C@@H](N)C(=O)N[C@@H](C(=O)NCc2ccc(CN)cc2)[C@H](O)c2ccccc2)cc1. The molecular formula is C28H34N4O4. The molecule has 3 aromatic rings. The molecule has 190 valence electrons. The fourth-order valence-corrected chi connectivity index (χ4v) is 3.72. The summed E-state index contributed by atoms with van der Waals surface area (Å²) in [6, 6.07) is 21.4. The Labute approximate surface area is 211 Å². The standard InChI is InChI=1S/C28H34N4O4/c1-2-36-23-14-12-19(13-15-23)16-24(30)27(34)32-25(26(33)22-6-4-3-5-7-22)28(35)31-18-21-10-8-20(17-29)9-11-21/h3-15,24-26,33H,2,16-18,29-30H2,1H3,(H,31,35)(H,32,34)/t24-,25-,26-/m1/s1. The number of ether oxygens (including phenoxy) is 1. The molecular weight excluding hydrogens is 456 g/mol. The van der Waals surface area contributed by atoms with Crippen LogP contribution in [-0.4, -0.2) is 35.6 Å². The number of carbonyl (C=O) groups is 2. The van der Waals surface area contributed by atoms with E-state index in [0.717, 1.165) is 22.4 Å². The quantitative estimate of drug-likeness (QED) is 0.263. The van der Waals surface area contributed by atoms with Gasteiger partial charge in [0.05, 0.1) is 12.6 Å². The summed E-state index contributed by atoms with van der Waals surface area (Å²) in [5.74, 6) is -0.318. The summed E-state index contributed by atoms with van der Waals surface area (Å²) in [5, 5.41) is 16.4. The van der Waals surface area contributed by atoms with Crippen LogP contribution in [0.15, 0.2) is 78.9 Å². The number of carbonyl (C=O) groups excluding carboxylic acids is 2. The molecule has 0 spiro atoms. The van der Waals surface area contributed by atoms with Crippen molar-refractivity contribution in [1.82, 2.24) is 10.6 Å². The number of hydrogen-bond acceptors (Lipinski definition) is 6. The van der Waals surface area contributed by atoms with Gasteiger partial charge in [-0.1, -0.05) is 66.7 Å². The van der Waals surface area contributed by atoms with Crippen LogP contribution in [0.2, 0.25) is 0 Å². The Morgan fingerprint density at radius 1 is 0.889 bits per heavy atom. The van der Waals surface area contributed by atoms with Crippen molar-refractivity contribution < 1.29 is 19.4 Å². The highest BCUT2D eigenvalue weighted by Gasteiger charge is 2.31. The van der Waals surface area contributed by atoms with Crippen molar-refractivity contribution in [2.24, 2.45) is 11.5 Å². The van der Waals surface area contributed by atoms with Gasteiger partial charge in [0.15, 0.2) is 0 Å². The minimum atomic E-state index is -1.26. The highest BCUT2D eigenvalue weighted by Crippen LogP contribution is 2.18. The van der Waals surface area contributed by atoms with Crippen LogP contribution in [0.25, 0.3) is 0 Å². The van der Waals surface area contributed by atoms with E-state index in [0.29, 0.717) is 18.7 Å². The van der Waals surface area contributed by atoms with E-state index in [1.54, 1.807) is 24.3 Å². The molecule has 3 rings (SSSR count). The Kier molecular flexibility index (Phi) is 10.00. The molecule has 0 bridgehead atoms.